The van der Waals surface area contributed by atoms with Crippen LogP contribution in [0.15, 0.2) is 211 Å². The van der Waals surface area contributed by atoms with E-state index in [9.17, 15) is 0 Å². The van der Waals surface area contributed by atoms with Gasteiger partial charge in [0.05, 0.1) is 22.3 Å². The molecule has 0 bridgehead atoms. The second-order valence-corrected chi connectivity index (χ2v) is 26.6. The molecule has 2 unspecified atom stereocenters. The number of furan rings is 1. The van der Waals surface area contributed by atoms with Crippen molar-refractivity contribution in [2.75, 3.05) is 14.7 Å². The summed E-state index contributed by atoms with van der Waals surface area (Å²) < 4.78 is 9.38. The lowest BCUT2D eigenvalue weighted by atomic mass is 9.33. The summed E-state index contributed by atoms with van der Waals surface area (Å²) in [5.74, 6) is 0. The van der Waals surface area contributed by atoms with Gasteiger partial charge in [-0.15, -0.1) is 11.3 Å². The fourth-order valence-electron chi connectivity index (χ4n) is 15.0. The number of nitrogens with zero attached hydrogens (tertiary/aromatic N) is 3. The monoisotopic (exact) mass is 1050 g/mol. The maximum Gasteiger partial charge on any atom is 0.252 e. The molecule has 5 heterocycles. The number of anilines is 8. The van der Waals surface area contributed by atoms with E-state index < -0.39 is 5.54 Å². The molecule has 16 rings (SSSR count). The quantitative estimate of drug-likeness (QED) is 0.164. The minimum Gasteiger partial charge on any atom is -0.456 e. The Balaban J connectivity index is 1.08. The summed E-state index contributed by atoms with van der Waals surface area (Å²) >= 11 is 1.89. The van der Waals surface area contributed by atoms with Gasteiger partial charge in [-0.25, -0.2) is 0 Å². The predicted octanol–water partition coefficient (Wildman–Crippen LogP) is 18.6. The molecule has 10 aromatic carbocycles. The third-order valence-electron chi connectivity index (χ3n) is 19.2. The molecule has 388 valence electrons. The lowest BCUT2D eigenvalue weighted by Crippen LogP contribution is -2.62. The summed E-state index contributed by atoms with van der Waals surface area (Å²) in [6, 6.07) is 78.9. The smallest absolute Gasteiger partial charge is 0.252 e. The second-order valence-electron chi connectivity index (χ2n) is 25.5. The Morgan fingerprint density at radius 1 is 0.463 bits per heavy atom. The van der Waals surface area contributed by atoms with Crippen molar-refractivity contribution in [2.24, 2.45) is 0 Å². The fourth-order valence-corrected chi connectivity index (χ4v) is 16.1. The van der Waals surface area contributed by atoms with E-state index in [2.05, 4.69) is 276 Å². The van der Waals surface area contributed by atoms with Crippen molar-refractivity contribution in [3.63, 3.8) is 0 Å². The summed E-state index contributed by atoms with van der Waals surface area (Å²) in [6.07, 6.45) is 2.04. The lowest BCUT2D eigenvalue weighted by molar-refractivity contribution is 0.245. The Morgan fingerprint density at radius 3 is 1.76 bits per heavy atom. The van der Waals surface area contributed by atoms with Crippen molar-refractivity contribution in [1.29, 1.82) is 0 Å². The summed E-state index contributed by atoms with van der Waals surface area (Å²) in [5.41, 5.74) is 23.7. The van der Waals surface area contributed by atoms with Crippen molar-refractivity contribution in [1.82, 2.24) is 0 Å². The van der Waals surface area contributed by atoms with Crippen LogP contribution >= 0.6 is 11.3 Å². The van der Waals surface area contributed by atoms with Gasteiger partial charge >= 0.3 is 0 Å². The molecule has 6 heteroatoms. The van der Waals surface area contributed by atoms with Crippen molar-refractivity contribution >= 4 is 122 Å². The Morgan fingerprint density at radius 2 is 1.05 bits per heavy atom. The van der Waals surface area contributed by atoms with E-state index in [4.69, 9.17) is 4.42 Å². The van der Waals surface area contributed by atoms with Crippen LogP contribution in [0.4, 0.5) is 45.5 Å². The zero-order valence-electron chi connectivity index (χ0n) is 46.8. The third-order valence-corrected chi connectivity index (χ3v) is 20.3. The summed E-state index contributed by atoms with van der Waals surface area (Å²) in [4.78, 5) is 8.09. The Kier molecular flexibility index (Phi) is 9.91. The van der Waals surface area contributed by atoms with Crippen LogP contribution in [0.2, 0.25) is 0 Å². The van der Waals surface area contributed by atoms with Gasteiger partial charge in [0.2, 0.25) is 0 Å². The van der Waals surface area contributed by atoms with Crippen molar-refractivity contribution < 1.29 is 4.42 Å². The molecule has 1 aliphatic carbocycles. The average molecular weight is 1050 g/mol. The molecule has 0 amide bonds. The van der Waals surface area contributed by atoms with Crippen LogP contribution in [0.1, 0.15) is 89.6 Å². The van der Waals surface area contributed by atoms with Gasteiger partial charge in [-0.2, -0.15) is 0 Å². The fraction of sp³-hybridized carbons (Fsp3) is 0.189. The van der Waals surface area contributed by atoms with Crippen molar-refractivity contribution in [2.45, 2.75) is 90.0 Å². The molecular weight excluding hydrogens is 990 g/mol. The number of fused-ring (bicyclic) bond motifs is 15. The predicted molar refractivity (Wildman–Crippen MR) is 342 cm³/mol. The molecule has 2 aromatic heterocycles. The highest BCUT2D eigenvalue weighted by Crippen LogP contribution is 2.65. The first-order valence-corrected chi connectivity index (χ1v) is 29.5. The molecule has 0 N–H and O–H groups in total. The van der Waals surface area contributed by atoms with Gasteiger partial charge in [-0.3, -0.25) is 0 Å². The molecule has 0 saturated carbocycles. The molecule has 0 saturated heterocycles. The third kappa shape index (κ3) is 6.51. The van der Waals surface area contributed by atoms with Gasteiger partial charge in [-0.05, 0) is 159 Å². The first-order chi connectivity index (χ1) is 38.7. The number of benzene rings is 10. The molecule has 0 spiro atoms. The molecule has 2 atom stereocenters. The summed E-state index contributed by atoms with van der Waals surface area (Å²) in [7, 11) is 0. The summed E-state index contributed by atoms with van der Waals surface area (Å²) in [5, 5.41) is 4.80. The largest absolute Gasteiger partial charge is 0.456 e. The van der Waals surface area contributed by atoms with Crippen LogP contribution in [-0.4, -0.2) is 6.71 Å². The average Bonchev–Trinajstić information content (AvgIpc) is 4.24. The first-order valence-electron chi connectivity index (χ1n) is 28.7. The number of para-hydroxylation sites is 1. The minimum atomic E-state index is -0.470. The summed E-state index contributed by atoms with van der Waals surface area (Å²) in [6.45, 7) is 19.2. The van der Waals surface area contributed by atoms with Crippen LogP contribution in [0.5, 0.6) is 0 Å². The molecule has 4 aliphatic rings. The Bertz CT molecular complexity index is 4390. The molecule has 0 radical (unpaired) electrons. The SMILES string of the molecule is CC(C)(C)c1ccc2c(c1)B1c3cc(C(C)(C)C)ccc3N(c3cccc4sc5ccccc5c34)c3cc(N4c5ccc(-c6ccccc6)cc5C5(C)CCc6ccccc6C45C)cc(c31)N2c1cccc2oc3ccccc3c12. The topological polar surface area (TPSA) is 22.9 Å². The van der Waals surface area contributed by atoms with Gasteiger partial charge in [0.15, 0.2) is 0 Å². The molecular formula is C74H62BN3OS. The van der Waals surface area contributed by atoms with E-state index in [1.165, 1.54) is 115 Å². The number of rotatable bonds is 4. The maximum absolute atomic E-state index is 6.80. The molecule has 4 nitrogen and oxygen atoms in total. The van der Waals surface area contributed by atoms with Crippen LogP contribution in [-0.2, 0) is 28.2 Å². The van der Waals surface area contributed by atoms with Gasteiger partial charge in [-0.1, -0.05) is 182 Å². The zero-order valence-corrected chi connectivity index (χ0v) is 47.6. The van der Waals surface area contributed by atoms with Crippen molar-refractivity contribution in [3.05, 3.63) is 234 Å². The molecule has 80 heavy (non-hydrogen) atoms. The first kappa shape index (κ1) is 47.7. The van der Waals surface area contributed by atoms with E-state index >= 15 is 0 Å². The van der Waals surface area contributed by atoms with E-state index in [0.717, 1.165) is 40.5 Å². The molecule has 3 aliphatic heterocycles. The molecule has 12 aromatic rings. The molecule has 0 fully saturated rings. The number of aryl methyl sites for hydroxylation is 1. The standard InChI is InChI=1S/C74H62BN3OS/c1-71(2,3)48-33-36-58-55(41-48)75-56-42-49(72(4,5)6)34-37-59(56)77(61-27-19-31-67-69(61)52-24-14-17-30-66(52)80-67)63-44-50(43-62(70(63)75)76(58)60-26-18-29-65-68(60)51-23-13-16-28-64(51)79-65)78-57-35-32-47(45-20-10-9-11-21-45)40-54(57)73(7)39-38-46-22-12-15-25-53(46)74(73,78)8/h9-37,40-44H,38-39H2,1-8H3. The van der Waals surface area contributed by atoms with Crippen LogP contribution < -0.4 is 31.1 Å². The highest BCUT2D eigenvalue weighted by atomic mass is 32.1. The number of hydrogen-bond acceptors (Lipinski definition) is 5. The zero-order chi connectivity index (χ0) is 54.2. The second kappa shape index (κ2) is 16.6. The number of hydrogen-bond donors (Lipinski definition) is 0. The minimum absolute atomic E-state index is 0.0902. The van der Waals surface area contributed by atoms with Crippen molar-refractivity contribution in [3.8, 4) is 11.1 Å². The highest BCUT2D eigenvalue weighted by Gasteiger charge is 2.60. The van der Waals surface area contributed by atoms with E-state index in [-0.39, 0.29) is 23.0 Å². The van der Waals surface area contributed by atoms with E-state index in [1.54, 1.807) is 0 Å². The highest BCUT2D eigenvalue weighted by molar-refractivity contribution is 7.26. The van der Waals surface area contributed by atoms with Crippen LogP contribution in [0.3, 0.4) is 0 Å². The van der Waals surface area contributed by atoms with Gasteiger partial charge in [0, 0.05) is 65.1 Å². The Labute approximate surface area is 473 Å². The normalized spacial score (nSPS) is 18.1. The van der Waals surface area contributed by atoms with Gasteiger partial charge in [0.1, 0.15) is 11.2 Å². The van der Waals surface area contributed by atoms with Crippen LogP contribution in [0.25, 0.3) is 53.2 Å². The van der Waals surface area contributed by atoms with E-state index in [0.29, 0.717) is 0 Å². The van der Waals surface area contributed by atoms with Gasteiger partial charge < -0.3 is 19.1 Å². The number of thiophene rings is 1. The Hall–Kier alpha value is -8.32. The maximum atomic E-state index is 6.80. The van der Waals surface area contributed by atoms with Crippen LogP contribution in [0, 0.1) is 0 Å². The van der Waals surface area contributed by atoms with E-state index in [1.807, 2.05) is 11.3 Å². The lowest BCUT2D eigenvalue weighted by Gasteiger charge is -2.52. The van der Waals surface area contributed by atoms with Gasteiger partial charge in [0.25, 0.3) is 6.71 Å².